The maximum atomic E-state index is 6.29. The van der Waals surface area contributed by atoms with E-state index in [4.69, 9.17) is 10.5 Å². The summed E-state index contributed by atoms with van der Waals surface area (Å²) < 4.78 is 5.46. The Hall–Kier alpha value is -0.120. The van der Waals surface area contributed by atoms with Gasteiger partial charge in [0.25, 0.3) is 0 Å². The first-order valence-corrected chi connectivity index (χ1v) is 7.30. The lowest BCUT2D eigenvalue weighted by molar-refractivity contribution is 0.0672. The number of hydrogen-bond acceptors (Lipinski definition) is 3. The monoisotopic (exact) mass is 242 g/mol. The molecule has 3 atom stereocenters. The zero-order chi connectivity index (χ0) is 12.7. The van der Waals surface area contributed by atoms with Crippen molar-refractivity contribution >= 4 is 0 Å². The minimum absolute atomic E-state index is 0.361. The van der Waals surface area contributed by atoms with Gasteiger partial charge in [0.15, 0.2) is 0 Å². The van der Waals surface area contributed by atoms with Crippen LogP contribution in [-0.2, 0) is 4.74 Å². The Labute approximate surface area is 107 Å². The molecule has 17 heavy (non-hydrogen) atoms. The quantitative estimate of drug-likeness (QED) is 0.696. The fourth-order valence-electron chi connectivity index (χ4n) is 2.93. The van der Waals surface area contributed by atoms with Gasteiger partial charge in [0, 0.05) is 25.2 Å². The van der Waals surface area contributed by atoms with Crippen LogP contribution in [0.5, 0.6) is 0 Å². The van der Waals surface area contributed by atoms with Crippen LogP contribution in [0.4, 0.5) is 0 Å². The molecule has 1 rings (SSSR count). The topological polar surface area (TPSA) is 38.5 Å². The third kappa shape index (κ3) is 4.57. The Morgan fingerprint density at radius 2 is 2.00 bits per heavy atom. The average Bonchev–Trinajstić information content (AvgIpc) is 2.36. The molecular weight excluding hydrogens is 212 g/mol. The Kier molecular flexibility index (Phi) is 7.09. The van der Waals surface area contributed by atoms with E-state index in [0.717, 1.165) is 32.2 Å². The molecule has 0 aromatic heterocycles. The lowest BCUT2D eigenvalue weighted by atomic mass is 9.80. The van der Waals surface area contributed by atoms with Crippen molar-refractivity contribution in [1.29, 1.82) is 0 Å². The average molecular weight is 242 g/mol. The van der Waals surface area contributed by atoms with Gasteiger partial charge in [-0.2, -0.15) is 0 Å². The van der Waals surface area contributed by atoms with Crippen molar-refractivity contribution in [3.63, 3.8) is 0 Å². The van der Waals surface area contributed by atoms with Gasteiger partial charge >= 0.3 is 0 Å². The molecule has 0 spiro atoms. The summed E-state index contributed by atoms with van der Waals surface area (Å²) in [6.45, 7) is 10.3. The largest absolute Gasteiger partial charge is 0.380 e. The molecule has 2 N–H and O–H groups in total. The summed E-state index contributed by atoms with van der Waals surface area (Å²) in [7, 11) is 0. The molecule has 3 unspecified atom stereocenters. The molecule has 1 saturated carbocycles. The van der Waals surface area contributed by atoms with Gasteiger partial charge in [0.2, 0.25) is 0 Å². The molecule has 102 valence electrons. The number of rotatable bonds is 7. The van der Waals surface area contributed by atoms with Crippen molar-refractivity contribution < 1.29 is 4.74 Å². The lowest BCUT2D eigenvalue weighted by Crippen LogP contribution is -2.52. The van der Waals surface area contributed by atoms with Crippen LogP contribution >= 0.6 is 0 Å². The molecule has 0 aliphatic heterocycles. The van der Waals surface area contributed by atoms with Gasteiger partial charge in [0.05, 0.1) is 6.61 Å². The first-order valence-electron chi connectivity index (χ1n) is 7.30. The Balaban J connectivity index is 2.46. The van der Waals surface area contributed by atoms with E-state index >= 15 is 0 Å². The summed E-state index contributed by atoms with van der Waals surface area (Å²) in [5.41, 5.74) is 6.29. The zero-order valence-corrected chi connectivity index (χ0v) is 11.8. The molecule has 0 heterocycles. The molecule has 0 saturated heterocycles. The van der Waals surface area contributed by atoms with E-state index in [2.05, 4.69) is 25.7 Å². The van der Waals surface area contributed by atoms with Crippen LogP contribution in [0, 0.1) is 5.92 Å². The molecule has 1 fully saturated rings. The van der Waals surface area contributed by atoms with Crippen LogP contribution in [0.3, 0.4) is 0 Å². The molecule has 0 radical (unpaired) electrons. The summed E-state index contributed by atoms with van der Waals surface area (Å²) in [5, 5.41) is 0. The molecule has 1 aliphatic carbocycles. The molecule has 3 heteroatoms. The SMILES string of the molecule is CCOCCN(CC)C1CC(CC)CCC1N. The van der Waals surface area contributed by atoms with Gasteiger partial charge in [-0.15, -0.1) is 0 Å². The van der Waals surface area contributed by atoms with Crippen molar-refractivity contribution in [1.82, 2.24) is 4.90 Å². The van der Waals surface area contributed by atoms with Crippen molar-refractivity contribution in [3.8, 4) is 0 Å². The number of likely N-dealkylation sites (N-methyl/N-ethyl adjacent to an activating group) is 1. The maximum absolute atomic E-state index is 6.29. The number of hydrogen-bond donors (Lipinski definition) is 1. The van der Waals surface area contributed by atoms with Crippen LogP contribution in [0.1, 0.15) is 46.5 Å². The predicted molar refractivity (Wildman–Crippen MR) is 73.1 cm³/mol. The van der Waals surface area contributed by atoms with Gasteiger partial charge in [-0.05, 0) is 38.6 Å². The van der Waals surface area contributed by atoms with E-state index in [1.54, 1.807) is 0 Å². The molecule has 0 aromatic carbocycles. The van der Waals surface area contributed by atoms with Crippen LogP contribution in [0.2, 0.25) is 0 Å². The normalized spacial score (nSPS) is 29.8. The van der Waals surface area contributed by atoms with Crippen molar-refractivity contribution in [2.24, 2.45) is 11.7 Å². The summed E-state index contributed by atoms with van der Waals surface area (Å²) in [6, 6.07) is 0.929. The third-order valence-electron chi connectivity index (χ3n) is 4.16. The van der Waals surface area contributed by atoms with E-state index in [1.807, 2.05) is 0 Å². The summed E-state index contributed by atoms with van der Waals surface area (Å²) >= 11 is 0. The Morgan fingerprint density at radius 3 is 2.59 bits per heavy atom. The molecule has 0 aromatic rings. The van der Waals surface area contributed by atoms with Crippen LogP contribution in [-0.4, -0.2) is 43.3 Å². The maximum Gasteiger partial charge on any atom is 0.0593 e. The van der Waals surface area contributed by atoms with Crippen molar-refractivity contribution in [2.75, 3.05) is 26.3 Å². The minimum atomic E-state index is 0.361. The van der Waals surface area contributed by atoms with Gasteiger partial charge in [0.1, 0.15) is 0 Å². The van der Waals surface area contributed by atoms with Crippen LogP contribution < -0.4 is 5.73 Å². The Bertz CT molecular complexity index is 199. The first kappa shape index (κ1) is 14.9. The van der Waals surface area contributed by atoms with Gasteiger partial charge < -0.3 is 10.5 Å². The minimum Gasteiger partial charge on any atom is -0.380 e. The standard InChI is InChI=1S/C14H30N2O/c1-4-12-7-8-13(15)14(11-12)16(5-2)9-10-17-6-3/h12-14H,4-11,15H2,1-3H3. The second-order valence-electron chi connectivity index (χ2n) is 5.14. The highest BCUT2D eigenvalue weighted by Crippen LogP contribution is 2.29. The fraction of sp³-hybridized carbons (Fsp3) is 1.00. The highest BCUT2D eigenvalue weighted by molar-refractivity contribution is 4.88. The fourth-order valence-corrected chi connectivity index (χ4v) is 2.93. The third-order valence-corrected chi connectivity index (χ3v) is 4.16. The first-order chi connectivity index (χ1) is 8.22. The van der Waals surface area contributed by atoms with E-state index in [1.165, 1.54) is 25.7 Å². The molecule has 0 bridgehead atoms. The lowest BCUT2D eigenvalue weighted by Gasteiger charge is -2.40. The van der Waals surface area contributed by atoms with Crippen LogP contribution in [0.25, 0.3) is 0 Å². The van der Waals surface area contributed by atoms with Gasteiger partial charge in [-0.25, -0.2) is 0 Å². The molecule has 1 aliphatic rings. The highest BCUT2D eigenvalue weighted by Gasteiger charge is 2.30. The van der Waals surface area contributed by atoms with Crippen molar-refractivity contribution in [2.45, 2.75) is 58.5 Å². The second-order valence-corrected chi connectivity index (χ2v) is 5.14. The summed E-state index contributed by atoms with van der Waals surface area (Å²) in [6.07, 6.45) is 5.08. The zero-order valence-electron chi connectivity index (χ0n) is 11.8. The molecule has 0 amide bonds. The van der Waals surface area contributed by atoms with Gasteiger partial charge in [-0.1, -0.05) is 20.3 Å². The number of nitrogens with two attached hydrogens (primary N) is 1. The molecular formula is C14H30N2O. The van der Waals surface area contributed by atoms with E-state index in [9.17, 15) is 0 Å². The van der Waals surface area contributed by atoms with Crippen LogP contribution in [0.15, 0.2) is 0 Å². The van der Waals surface area contributed by atoms with E-state index in [-0.39, 0.29) is 0 Å². The van der Waals surface area contributed by atoms with Crippen molar-refractivity contribution in [3.05, 3.63) is 0 Å². The smallest absolute Gasteiger partial charge is 0.0593 e. The summed E-state index contributed by atoms with van der Waals surface area (Å²) in [5.74, 6) is 0.876. The predicted octanol–water partition coefficient (Wildman–Crippen LogP) is 2.25. The number of nitrogens with zero attached hydrogens (tertiary/aromatic N) is 1. The van der Waals surface area contributed by atoms with E-state index in [0.29, 0.717) is 12.1 Å². The summed E-state index contributed by atoms with van der Waals surface area (Å²) in [4.78, 5) is 2.52. The molecule has 3 nitrogen and oxygen atoms in total. The highest BCUT2D eigenvalue weighted by atomic mass is 16.5. The number of ether oxygens (including phenoxy) is 1. The van der Waals surface area contributed by atoms with E-state index < -0.39 is 0 Å². The van der Waals surface area contributed by atoms with Gasteiger partial charge in [-0.3, -0.25) is 4.90 Å². The Morgan fingerprint density at radius 1 is 1.24 bits per heavy atom. The second kappa shape index (κ2) is 8.06.